The summed E-state index contributed by atoms with van der Waals surface area (Å²) in [5.41, 5.74) is -3.17. The molecule has 0 aromatic carbocycles. The highest BCUT2D eigenvalue weighted by atomic mass is 16.7. The average Bonchev–Trinajstić information content (AvgIpc) is 3.29. The van der Waals surface area contributed by atoms with Crippen LogP contribution in [0.25, 0.3) is 0 Å². The molecule has 1 N–H and O–H groups in total. The predicted molar refractivity (Wildman–Crippen MR) is 112 cm³/mol. The second-order valence-corrected chi connectivity index (χ2v) is 10.0. The Morgan fingerprint density at radius 1 is 1.15 bits per heavy atom. The molecule has 9 heteroatoms. The van der Waals surface area contributed by atoms with Crippen molar-refractivity contribution in [3.05, 3.63) is 23.8 Å². The fourth-order valence-corrected chi connectivity index (χ4v) is 6.08. The molecule has 2 heterocycles. The van der Waals surface area contributed by atoms with Gasteiger partial charge in [0.15, 0.2) is 23.1 Å². The fraction of sp³-hybridized carbons (Fsp3) is 0.667. The third kappa shape index (κ3) is 3.27. The first-order valence-electron chi connectivity index (χ1n) is 11.1. The highest BCUT2D eigenvalue weighted by Crippen LogP contribution is 2.63. The number of hydrogen-bond donors (Lipinski definition) is 1. The van der Waals surface area contributed by atoms with E-state index in [0.29, 0.717) is 5.57 Å². The summed E-state index contributed by atoms with van der Waals surface area (Å²) in [7, 11) is 0. The van der Waals surface area contributed by atoms with Gasteiger partial charge in [-0.1, -0.05) is 25.5 Å². The highest BCUT2D eigenvalue weighted by molar-refractivity contribution is 5.93. The van der Waals surface area contributed by atoms with Gasteiger partial charge < -0.3 is 24.1 Å². The number of allylic oxidation sites excluding steroid dienone is 1. The Morgan fingerprint density at radius 3 is 2.36 bits per heavy atom. The quantitative estimate of drug-likeness (QED) is 0.280. The van der Waals surface area contributed by atoms with Crippen LogP contribution in [-0.4, -0.2) is 64.4 Å². The van der Waals surface area contributed by atoms with Crippen LogP contribution in [0.5, 0.6) is 0 Å². The van der Waals surface area contributed by atoms with Gasteiger partial charge in [0.05, 0.1) is 6.10 Å². The summed E-state index contributed by atoms with van der Waals surface area (Å²) in [4.78, 5) is 49.5. The van der Waals surface area contributed by atoms with E-state index < -0.39 is 70.8 Å². The van der Waals surface area contributed by atoms with Crippen LogP contribution in [0.15, 0.2) is 23.8 Å². The SMILES string of the molecule is CC(=O)O[C@H]1C/C(C)=C\[C@@H]2OC(=O)[C@]3(C)O[C@]23[C@@H](O)[C@H]2[C@@H](C)C(=O)C=C[C@]2(C)[C@H]1OC(C)=O. The number of fused-ring (bicyclic) bond motifs is 1. The Hall–Kier alpha value is -2.52. The van der Waals surface area contributed by atoms with Crippen molar-refractivity contribution < 1.29 is 43.2 Å². The van der Waals surface area contributed by atoms with Gasteiger partial charge in [0.2, 0.25) is 0 Å². The molecular weight excluding hydrogens is 432 g/mol. The maximum absolute atomic E-state index is 12.7. The Kier molecular flexibility index (Phi) is 5.37. The molecule has 0 aromatic heterocycles. The molecule has 0 unspecified atom stereocenters. The molecule has 0 bridgehead atoms. The number of ketones is 1. The van der Waals surface area contributed by atoms with Crippen LogP contribution in [0.2, 0.25) is 0 Å². The summed E-state index contributed by atoms with van der Waals surface area (Å²) < 4.78 is 22.9. The van der Waals surface area contributed by atoms with Gasteiger partial charge in [0.1, 0.15) is 12.2 Å². The van der Waals surface area contributed by atoms with Gasteiger partial charge in [-0.3, -0.25) is 14.4 Å². The molecule has 180 valence electrons. The van der Waals surface area contributed by atoms with E-state index >= 15 is 0 Å². The predicted octanol–water partition coefficient (Wildman–Crippen LogP) is 1.41. The number of aliphatic hydroxyl groups is 1. The minimum Gasteiger partial charge on any atom is -0.458 e. The molecule has 0 amide bonds. The summed E-state index contributed by atoms with van der Waals surface area (Å²) in [6.45, 7) is 9.30. The molecule has 2 aliphatic carbocycles. The van der Waals surface area contributed by atoms with Gasteiger partial charge in [-0.25, -0.2) is 4.79 Å². The minimum atomic E-state index is -1.38. The Morgan fingerprint density at radius 2 is 1.79 bits per heavy atom. The fourth-order valence-electron chi connectivity index (χ4n) is 6.08. The van der Waals surface area contributed by atoms with Crippen LogP contribution in [0, 0.1) is 17.3 Å². The van der Waals surface area contributed by atoms with E-state index in [0.717, 1.165) is 0 Å². The summed E-state index contributed by atoms with van der Waals surface area (Å²) in [5, 5.41) is 11.8. The van der Waals surface area contributed by atoms with Gasteiger partial charge in [0, 0.05) is 37.5 Å². The highest BCUT2D eigenvalue weighted by Gasteiger charge is 2.86. The number of rotatable bonds is 2. The Labute approximate surface area is 192 Å². The van der Waals surface area contributed by atoms with E-state index in [1.54, 1.807) is 39.8 Å². The zero-order valence-corrected chi connectivity index (χ0v) is 19.6. The van der Waals surface area contributed by atoms with E-state index in [4.69, 9.17) is 18.9 Å². The van der Waals surface area contributed by atoms with Gasteiger partial charge in [0.25, 0.3) is 0 Å². The van der Waals surface area contributed by atoms with Crippen LogP contribution in [-0.2, 0) is 38.1 Å². The van der Waals surface area contributed by atoms with E-state index in [-0.39, 0.29) is 12.2 Å². The first-order chi connectivity index (χ1) is 15.3. The van der Waals surface area contributed by atoms with E-state index in [1.807, 2.05) is 0 Å². The van der Waals surface area contributed by atoms with Crippen LogP contribution >= 0.6 is 0 Å². The molecule has 2 saturated heterocycles. The maximum Gasteiger partial charge on any atom is 0.342 e. The molecule has 0 radical (unpaired) electrons. The van der Waals surface area contributed by atoms with Gasteiger partial charge in [-0.05, 0) is 26.0 Å². The Balaban J connectivity index is 1.94. The number of ether oxygens (including phenoxy) is 4. The number of carbonyl (C=O) groups excluding carboxylic acids is 4. The number of carbonyl (C=O) groups is 4. The zero-order chi connectivity index (χ0) is 24.5. The third-order valence-corrected chi connectivity index (χ3v) is 7.74. The summed E-state index contributed by atoms with van der Waals surface area (Å²) >= 11 is 0. The first kappa shape index (κ1) is 23.6. The third-order valence-electron chi connectivity index (χ3n) is 7.74. The Bertz CT molecular complexity index is 982. The lowest BCUT2D eigenvalue weighted by Crippen LogP contribution is -2.60. The van der Waals surface area contributed by atoms with Gasteiger partial charge in [-0.15, -0.1) is 0 Å². The van der Waals surface area contributed by atoms with Crippen molar-refractivity contribution in [2.24, 2.45) is 17.3 Å². The van der Waals surface area contributed by atoms with Crippen molar-refractivity contribution in [3.63, 3.8) is 0 Å². The lowest BCUT2D eigenvalue weighted by molar-refractivity contribution is -0.187. The van der Waals surface area contributed by atoms with Crippen molar-refractivity contribution in [1.82, 2.24) is 0 Å². The van der Waals surface area contributed by atoms with E-state index in [9.17, 15) is 24.3 Å². The minimum absolute atomic E-state index is 0.187. The molecule has 33 heavy (non-hydrogen) atoms. The largest absolute Gasteiger partial charge is 0.458 e. The van der Waals surface area contributed by atoms with Crippen molar-refractivity contribution in [2.75, 3.05) is 0 Å². The summed E-state index contributed by atoms with van der Waals surface area (Å²) in [6.07, 6.45) is 0.757. The smallest absolute Gasteiger partial charge is 0.342 e. The van der Waals surface area contributed by atoms with Crippen LogP contribution in [0.1, 0.15) is 48.0 Å². The number of esters is 3. The van der Waals surface area contributed by atoms with Crippen LogP contribution < -0.4 is 0 Å². The molecule has 9 atom stereocenters. The van der Waals surface area contributed by atoms with Crippen molar-refractivity contribution >= 4 is 23.7 Å². The monoisotopic (exact) mass is 462 g/mol. The van der Waals surface area contributed by atoms with Gasteiger partial charge in [-0.2, -0.15) is 0 Å². The molecule has 0 saturated carbocycles. The lowest BCUT2D eigenvalue weighted by atomic mass is 9.57. The number of aliphatic hydroxyl groups excluding tert-OH is 1. The normalized spacial score (nSPS) is 47.8. The van der Waals surface area contributed by atoms with E-state index in [2.05, 4.69) is 0 Å². The standard InChI is InChI=1S/C24H30O9/c1-11-9-16(30-13(3)25)20(31-14(4)26)22(5)8-7-15(27)12(2)18(22)19(28)24-17(10-11)32-21(29)23(24,6)33-24/h7-8,10,12,16-20,28H,9H2,1-6H3/b11-10-/t12-,16-,17-,18+,19-,20-,22-,23-,24-/m0/s1. The average molecular weight is 462 g/mol. The molecule has 2 fully saturated rings. The molecule has 1 spiro atoms. The van der Waals surface area contributed by atoms with Gasteiger partial charge >= 0.3 is 17.9 Å². The number of hydrogen-bond acceptors (Lipinski definition) is 9. The second-order valence-electron chi connectivity index (χ2n) is 10.0. The molecule has 9 nitrogen and oxygen atoms in total. The zero-order valence-electron chi connectivity index (χ0n) is 19.6. The van der Waals surface area contributed by atoms with E-state index in [1.165, 1.54) is 19.9 Å². The molecule has 4 rings (SSSR count). The molecule has 0 aromatic rings. The summed E-state index contributed by atoms with van der Waals surface area (Å²) in [5.74, 6) is -3.49. The maximum atomic E-state index is 12.7. The number of epoxide rings is 1. The van der Waals surface area contributed by atoms with Crippen LogP contribution in [0.4, 0.5) is 0 Å². The lowest BCUT2D eigenvalue weighted by Gasteiger charge is -2.50. The van der Waals surface area contributed by atoms with Crippen LogP contribution in [0.3, 0.4) is 0 Å². The molecule has 4 aliphatic rings. The molecule has 2 aliphatic heterocycles. The van der Waals surface area contributed by atoms with Crippen molar-refractivity contribution in [1.29, 1.82) is 0 Å². The first-order valence-corrected chi connectivity index (χ1v) is 11.1. The second kappa shape index (κ2) is 7.50. The summed E-state index contributed by atoms with van der Waals surface area (Å²) in [6, 6.07) is 0. The topological polar surface area (TPSA) is 129 Å². The molecular formula is C24H30O9. The van der Waals surface area contributed by atoms with Crippen molar-refractivity contribution in [3.8, 4) is 0 Å². The van der Waals surface area contributed by atoms with Crippen molar-refractivity contribution in [2.45, 2.75) is 83.6 Å².